The van der Waals surface area contributed by atoms with Crippen LogP contribution in [-0.4, -0.2) is 17.9 Å². The molecule has 0 aliphatic carbocycles. The fourth-order valence-corrected chi connectivity index (χ4v) is 3.81. The Balaban J connectivity index is 2.05. The van der Waals surface area contributed by atoms with E-state index in [0.717, 1.165) is 4.88 Å². The number of hydrogen-bond acceptors (Lipinski definition) is 3. The Morgan fingerprint density at radius 2 is 1.88 bits per heavy atom. The second-order valence-electron chi connectivity index (χ2n) is 6.51. The van der Waals surface area contributed by atoms with E-state index in [9.17, 15) is 9.59 Å². The van der Waals surface area contributed by atoms with Gasteiger partial charge in [0.1, 0.15) is 6.04 Å². The summed E-state index contributed by atoms with van der Waals surface area (Å²) in [4.78, 5) is 27.4. The predicted molar refractivity (Wildman–Crippen MR) is 108 cm³/mol. The fraction of sp³-hybridized carbons (Fsp3) is 0.368. The van der Waals surface area contributed by atoms with Crippen molar-refractivity contribution in [3.05, 3.63) is 55.7 Å². The molecule has 1 aromatic heterocycles. The highest BCUT2D eigenvalue weighted by Gasteiger charge is 2.23. The number of nitrogens with one attached hydrogen (secondary N) is 2. The number of rotatable bonds is 7. The maximum Gasteiger partial charge on any atom is 0.253 e. The van der Waals surface area contributed by atoms with Gasteiger partial charge in [0.05, 0.1) is 17.1 Å². The summed E-state index contributed by atoms with van der Waals surface area (Å²) < 4.78 is 0. The second kappa shape index (κ2) is 9.40. The van der Waals surface area contributed by atoms with Crippen molar-refractivity contribution in [2.24, 2.45) is 5.92 Å². The molecule has 2 amide bonds. The zero-order valence-corrected chi connectivity index (χ0v) is 17.3. The van der Waals surface area contributed by atoms with Crippen molar-refractivity contribution in [1.82, 2.24) is 10.6 Å². The first kappa shape index (κ1) is 20.7. The standard InChI is InChI=1S/C19H22Cl2N2O2S/c1-11(2)8-17(19(25)22-10-14-6-4-12(3)26-14)23-18(24)15-7-5-13(20)9-16(15)21/h4-7,9,11,17H,8,10H2,1-3H3,(H,22,25)(H,23,24). The Kier molecular flexibility index (Phi) is 7.50. The molecule has 0 saturated heterocycles. The van der Waals surface area contributed by atoms with Crippen molar-refractivity contribution < 1.29 is 9.59 Å². The predicted octanol–water partition coefficient (Wildman–Crippen LogP) is 4.82. The summed E-state index contributed by atoms with van der Waals surface area (Å²) in [5.41, 5.74) is 0.298. The lowest BCUT2D eigenvalue weighted by atomic mass is 10.0. The van der Waals surface area contributed by atoms with Crippen LogP contribution < -0.4 is 10.6 Å². The first-order valence-corrected chi connectivity index (χ1v) is 9.92. The number of carbonyl (C=O) groups excluding carboxylic acids is 2. The molecule has 7 heteroatoms. The average molecular weight is 413 g/mol. The van der Waals surface area contributed by atoms with Gasteiger partial charge in [-0.3, -0.25) is 9.59 Å². The van der Waals surface area contributed by atoms with Gasteiger partial charge in [-0.25, -0.2) is 0 Å². The van der Waals surface area contributed by atoms with Crippen LogP contribution in [0.25, 0.3) is 0 Å². The maximum atomic E-state index is 12.6. The number of aryl methyl sites for hydroxylation is 1. The Morgan fingerprint density at radius 3 is 2.46 bits per heavy atom. The molecule has 1 unspecified atom stereocenters. The van der Waals surface area contributed by atoms with E-state index in [2.05, 4.69) is 10.6 Å². The molecule has 0 aliphatic rings. The fourth-order valence-electron chi connectivity index (χ4n) is 2.49. The summed E-state index contributed by atoms with van der Waals surface area (Å²) in [5.74, 6) is -0.349. The summed E-state index contributed by atoms with van der Waals surface area (Å²) in [7, 11) is 0. The smallest absolute Gasteiger partial charge is 0.253 e. The minimum Gasteiger partial charge on any atom is -0.349 e. The lowest BCUT2D eigenvalue weighted by molar-refractivity contribution is -0.123. The third-order valence-electron chi connectivity index (χ3n) is 3.74. The minimum atomic E-state index is -0.629. The van der Waals surface area contributed by atoms with E-state index in [-0.39, 0.29) is 22.8 Å². The first-order valence-electron chi connectivity index (χ1n) is 8.35. The SMILES string of the molecule is Cc1ccc(CNC(=O)C(CC(C)C)NC(=O)c2ccc(Cl)cc2Cl)s1. The summed E-state index contributed by atoms with van der Waals surface area (Å²) in [5, 5.41) is 6.40. The van der Waals surface area contributed by atoms with Gasteiger partial charge in [0.15, 0.2) is 0 Å². The summed E-state index contributed by atoms with van der Waals surface area (Å²) in [6.07, 6.45) is 0.534. The summed E-state index contributed by atoms with van der Waals surface area (Å²) in [6.45, 7) is 6.48. The molecule has 0 spiro atoms. The van der Waals surface area contributed by atoms with Crippen molar-refractivity contribution in [3.63, 3.8) is 0 Å². The lowest BCUT2D eigenvalue weighted by Crippen LogP contribution is -2.47. The lowest BCUT2D eigenvalue weighted by Gasteiger charge is -2.20. The van der Waals surface area contributed by atoms with E-state index in [1.54, 1.807) is 23.5 Å². The zero-order chi connectivity index (χ0) is 19.3. The Labute approximate surface area is 167 Å². The van der Waals surface area contributed by atoms with Gasteiger partial charge in [-0.05, 0) is 49.6 Å². The van der Waals surface area contributed by atoms with E-state index in [4.69, 9.17) is 23.2 Å². The van der Waals surface area contributed by atoms with Crippen molar-refractivity contribution >= 4 is 46.4 Å². The molecule has 140 valence electrons. The van der Waals surface area contributed by atoms with Gasteiger partial charge in [0.25, 0.3) is 5.91 Å². The van der Waals surface area contributed by atoms with Gasteiger partial charge >= 0.3 is 0 Å². The van der Waals surface area contributed by atoms with Crippen LogP contribution in [0.3, 0.4) is 0 Å². The van der Waals surface area contributed by atoms with Gasteiger partial charge < -0.3 is 10.6 Å². The van der Waals surface area contributed by atoms with Gasteiger partial charge in [-0.2, -0.15) is 0 Å². The number of amides is 2. The van der Waals surface area contributed by atoms with E-state index < -0.39 is 6.04 Å². The molecular weight excluding hydrogens is 391 g/mol. The van der Waals surface area contributed by atoms with E-state index in [1.165, 1.54) is 10.9 Å². The van der Waals surface area contributed by atoms with Crippen LogP contribution in [-0.2, 0) is 11.3 Å². The van der Waals surface area contributed by atoms with Crippen molar-refractivity contribution in [2.75, 3.05) is 0 Å². The van der Waals surface area contributed by atoms with Gasteiger partial charge in [-0.15, -0.1) is 11.3 Å². The van der Waals surface area contributed by atoms with Crippen molar-refractivity contribution in [2.45, 2.75) is 39.8 Å². The summed E-state index contributed by atoms with van der Waals surface area (Å²) in [6, 6.07) is 8.04. The summed E-state index contributed by atoms with van der Waals surface area (Å²) >= 11 is 13.6. The quantitative estimate of drug-likeness (QED) is 0.684. The number of thiophene rings is 1. The molecular formula is C19H22Cl2N2O2S. The van der Waals surface area contributed by atoms with Gasteiger partial charge in [0.2, 0.25) is 5.91 Å². The Hall–Kier alpha value is -1.56. The molecule has 0 radical (unpaired) electrons. The molecule has 0 saturated carbocycles. The Bertz CT molecular complexity index is 790. The van der Waals surface area contributed by atoms with Crippen LogP contribution in [0.15, 0.2) is 30.3 Å². The van der Waals surface area contributed by atoms with E-state index >= 15 is 0 Å². The zero-order valence-electron chi connectivity index (χ0n) is 14.9. The normalized spacial score (nSPS) is 12.1. The molecule has 2 N–H and O–H groups in total. The van der Waals surface area contributed by atoms with Crippen LogP contribution in [0.4, 0.5) is 0 Å². The van der Waals surface area contributed by atoms with Gasteiger partial charge in [-0.1, -0.05) is 37.0 Å². The molecule has 2 aromatic rings. The molecule has 26 heavy (non-hydrogen) atoms. The van der Waals surface area contributed by atoms with Crippen LogP contribution in [0.5, 0.6) is 0 Å². The number of benzene rings is 1. The van der Waals surface area contributed by atoms with Crippen molar-refractivity contribution in [3.8, 4) is 0 Å². The highest BCUT2D eigenvalue weighted by atomic mass is 35.5. The highest BCUT2D eigenvalue weighted by Crippen LogP contribution is 2.21. The third-order valence-corrected chi connectivity index (χ3v) is 5.29. The monoisotopic (exact) mass is 412 g/mol. The van der Waals surface area contributed by atoms with Crippen LogP contribution in [0.1, 0.15) is 40.4 Å². The molecule has 0 fully saturated rings. The van der Waals surface area contributed by atoms with Crippen LogP contribution >= 0.6 is 34.5 Å². The van der Waals surface area contributed by atoms with E-state index in [1.807, 2.05) is 32.9 Å². The third kappa shape index (κ3) is 6.01. The molecule has 0 bridgehead atoms. The second-order valence-corrected chi connectivity index (χ2v) is 8.73. The molecule has 1 aromatic carbocycles. The topological polar surface area (TPSA) is 58.2 Å². The average Bonchev–Trinajstić information content (AvgIpc) is 2.96. The molecule has 2 rings (SSSR count). The largest absolute Gasteiger partial charge is 0.349 e. The molecule has 0 aliphatic heterocycles. The molecule has 1 heterocycles. The minimum absolute atomic E-state index is 0.205. The number of hydrogen-bond donors (Lipinski definition) is 2. The molecule has 1 atom stereocenters. The number of carbonyl (C=O) groups is 2. The maximum absolute atomic E-state index is 12.6. The van der Waals surface area contributed by atoms with Crippen molar-refractivity contribution in [1.29, 1.82) is 0 Å². The van der Waals surface area contributed by atoms with Crippen LogP contribution in [0, 0.1) is 12.8 Å². The highest BCUT2D eigenvalue weighted by molar-refractivity contribution is 7.11. The van der Waals surface area contributed by atoms with Crippen LogP contribution in [0.2, 0.25) is 10.0 Å². The Morgan fingerprint density at radius 1 is 1.15 bits per heavy atom. The first-order chi connectivity index (χ1) is 12.3. The molecule has 4 nitrogen and oxygen atoms in total. The van der Waals surface area contributed by atoms with E-state index in [0.29, 0.717) is 23.6 Å². The van der Waals surface area contributed by atoms with Gasteiger partial charge in [0, 0.05) is 14.8 Å². The number of halogens is 2.